The van der Waals surface area contributed by atoms with Crippen LogP contribution in [0.4, 0.5) is 14.5 Å². The molecule has 36 heavy (non-hydrogen) atoms. The zero-order valence-corrected chi connectivity index (χ0v) is 19.6. The predicted molar refractivity (Wildman–Crippen MR) is 131 cm³/mol. The van der Waals surface area contributed by atoms with Crippen molar-refractivity contribution in [2.75, 3.05) is 38.2 Å². The molecule has 5 rings (SSSR count). The molecule has 1 amide bonds. The standard InChI is InChI=1S/C28H26F2N2O4/c29-20-6-7-26(22(12-20)19-4-2-1-3-5-19)35-16-18-8-10-32(11-9-18)28(34)23-13-25-27(14-24(23)30)36-17-21(33)15-31-25/h1-7,12-14,18,31H,8-11,15-17H2. The molecule has 2 aliphatic rings. The number of benzene rings is 3. The lowest BCUT2D eigenvalue weighted by atomic mass is 9.97. The molecule has 0 saturated carbocycles. The number of anilines is 1. The molecule has 0 aromatic heterocycles. The Hall–Kier alpha value is -3.94. The lowest BCUT2D eigenvalue weighted by molar-refractivity contribution is -0.119. The average molecular weight is 493 g/mol. The molecule has 186 valence electrons. The summed E-state index contributed by atoms with van der Waals surface area (Å²) in [5, 5.41) is 2.91. The summed E-state index contributed by atoms with van der Waals surface area (Å²) in [6.07, 6.45) is 1.41. The molecular formula is C28H26F2N2O4. The van der Waals surface area contributed by atoms with Gasteiger partial charge in [0, 0.05) is 24.7 Å². The molecule has 1 saturated heterocycles. The fraction of sp³-hybridized carbons (Fsp3) is 0.286. The van der Waals surface area contributed by atoms with Crippen molar-refractivity contribution < 1.29 is 27.8 Å². The van der Waals surface area contributed by atoms with E-state index in [1.165, 1.54) is 18.2 Å². The van der Waals surface area contributed by atoms with Gasteiger partial charge in [-0.25, -0.2) is 8.78 Å². The third kappa shape index (κ3) is 5.17. The number of nitrogens with zero attached hydrogens (tertiary/aromatic N) is 1. The van der Waals surface area contributed by atoms with E-state index in [4.69, 9.17) is 9.47 Å². The Bertz CT molecular complexity index is 1270. The largest absolute Gasteiger partial charge is 0.493 e. The van der Waals surface area contributed by atoms with Gasteiger partial charge < -0.3 is 19.7 Å². The first kappa shape index (κ1) is 23.8. The number of hydrogen-bond acceptors (Lipinski definition) is 5. The number of hydrogen-bond donors (Lipinski definition) is 1. The molecule has 1 N–H and O–H groups in total. The minimum atomic E-state index is -0.676. The van der Waals surface area contributed by atoms with E-state index in [-0.39, 0.29) is 42.0 Å². The van der Waals surface area contributed by atoms with Crippen LogP contribution >= 0.6 is 0 Å². The molecule has 0 unspecified atom stereocenters. The maximum absolute atomic E-state index is 14.7. The monoisotopic (exact) mass is 492 g/mol. The van der Waals surface area contributed by atoms with Crippen molar-refractivity contribution in [3.05, 3.63) is 77.9 Å². The van der Waals surface area contributed by atoms with Gasteiger partial charge in [0.15, 0.2) is 5.78 Å². The molecule has 0 radical (unpaired) electrons. The maximum atomic E-state index is 14.7. The quantitative estimate of drug-likeness (QED) is 0.547. The first-order chi connectivity index (χ1) is 17.5. The van der Waals surface area contributed by atoms with Crippen molar-refractivity contribution in [1.82, 2.24) is 4.90 Å². The first-order valence-electron chi connectivity index (χ1n) is 12.0. The number of Topliss-reactive ketones (excluding diaryl/α,β-unsaturated/α-hetero) is 1. The van der Waals surface area contributed by atoms with Crippen LogP contribution in [0.3, 0.4) is 0 Å². The molecule has 2 aliphatic heterocycles. The lowest BCUT2D eigenvalue weighted by Gasteiger charge is -2.32. The van der Waals surface area contributed by atoms with E-state index in [2.05, 4.69) is 5.32 Å². The van der Waals surface area contributed by atoms with Crippen LogP contribution in [-0.4, -0.2) is 49.4 Å². The Balaban J connectivity index is 1.21. The molecule has 0 bridgehead atoms. The maximum Gasteiger partial charge on any atom is 0.256 e. The number of amides is 1. The van der Waals surface area contributed by atoms with E-state index in [1.807, 2.05) is 30.3 Å². The second-order valence-electron chi connectivity index (χ2n) is 9.06. The molecule has 8 heteroatoms. The number of fused-ring (bicyclic) bond motifs is 1. The van der Waals surface area contributed by atoms with Gasteiger partial charge in [0.1, 0.15) is 29.7 Å². The van der Waals surface area contributed by atoms with E-state index in [1.54, 1.807) is 11.0 Å². The second-order valence-corrected chi connectivity index (χ2v) is 9.06. The normalized spacial score (nSPS) is 15.9. The highest BCUT2D eigenvalue weighted by Crippen LogP contribution is 2.33. The molecule has 1 fully saturated rings. The third-order valence-corrected chi connectivity index (χ3v) is 6.57. The Kier molecular flexibility index (Phi) is 6.84. The molecule has 6 nitrogen and oxygen atoms in total. The molecule has 0 aliphatic carbocycles. The van der Waals surface area contributed by atoms with Crippen LogP contribution < -0.4 is 14.8 Å². The summed E-state index contributed by atoms with van der Waals surface area (Å²) in [5.41, 5.74) is 1.95. The highest BCUT2D eigenvalue weighted by atomic mass is 19.1. The third-order valence-electron chi connectivity index (χ3n) is 6.57. The van der Waals surface area contributed by atoms with Crippen LogP contribution in [0.15, 0.2) is 60.7 Å². The summed E-state index contributed by atoms with van der Waals surface area (Å²) in [6, 6.07) is 16.6. The number of rotatable bonds is 5. The zero-order chi connectivity index (χ0) is 25.1. The van der Waals surface area contributed by atoms with Gasteiger partial charge in [-0.2, -0.15) is 0 Å². The number of carbonyl (C=O) groups excluding carboxylic acids is 2. The van der Waals surface area contributed by atoms with Crippen LogP contribution in [0.2, 0.25) is 0 Å². The molecule has 3 aromatic carbocycles. The van der Waals surface area contributed by atoms with Crippen LogP contribution in [0, 0.1) is 17.6 Å². The fourth-order valence-electron chi connectivity index (χ4n) is 4.53. The lowest BCUT2D eigenvalue weighted by Crippen LogP contribution is -2.40. The van der Waals surface area contributed by atoms with Gasteiger partial charge in [0.05, 0.1) is 24.4 Å². The van der Waals surface area contributed by atoms with Gasteiger partial charge >= 0.3 is 0 Å². The summed E-state index contributed by atoms with van der Waals surface area (Å²) in [7, 11) is 0. The molecular weight excluding hydrogens is 466 g/mol. The minimum Gasteiger partial charge on any atom is -0.493 e. The Morgan fingerprint density at radius 3 is 2.61 bits per heavy atom. The summed E-state index contributed by atoms with van der Waals surface area (Å²) in [5.74, 6) is -0.503. The summed E-state index contributed by atoms with van der Waals surface area (Å²) < 4.78 is 40.0. The topological polar surface area (TPSA) is 67.9 Å². The molecule has 3 aromatic rings. The van der Waals surface area contributed by atoms with Crippen LogP contribution in [-0.2, 0) is 4.79 Å². The van der Waals surface area contributed by atoms with Crippen LogP contribution in [0.5, 0.6) is 11.5 Å². The van der Waals surface area contributed by atoms with Crippen LogP contribution in [0.25, 0.3) is 11.1 Å². The van der Waals surface area contributed by atoms with Gasteiger partial charge in [-0.1, -0.05) is 30.3 Å². The average Bonchev–Trinajstić information content (AvgIpc) is 3.08. The highest BCUT2D eigenvalue weighted by Gasteiger charge is 2.28. The van der Waals surface area contributed by atoms with Gasteiger partial charge in [-0.15, -0.1) is 0 Å². The number of piperidine rings is 1. The highest BCUT2D eigenvalue weighted by molar-refractivity contribution is 5.96. The molecule has 2 heterocycles. The van der Waals surface area contributed by atoms with Crippen molar-refractivity contribution in [2.24, 2.45) is 5.92 Å². The van der Waals surface area contributed by atoms with Crippen LogP contribution in [0.1, 0.15) is 23.2 Å². The molecule has 0 spiro atoms. The van der Waals surface area contributed by atoms with E-state index in [0.717, 1.165) is 11.6 Å². The number of halogens is 2. The summed E-state index contributed by atoms with van der Waals surface area (Å²) in [4.78, 5) is 26.3. The van der Waals surface area contributed by atoms with Crippen molar-refractivity contribution in [3.8, 4) is 22.6 Å². The Morgan fingerprint density at radius 1 is 1.06 bits per heavy atom. The predicted octanol–water partition coefficient (Wildman–Crippen LogP) is 4.94. The SMILES string of the molecule is O=C1CNc2cc(C(=O)N3CCC(COc4ccc(F)cc4-c4ccccc4)CC3)c(F)cc2OC1. The minimum absolute atomic E-state index is 0.0484. The van der Waals surface area contributed by atoms with E-state index in [0.29, 0.717) is 49.5 Å². The van der Waals surface area contributed by atoms with E-state index < -0.39 is 11.7 Å². The summed E-state index contributed by atoms with van der Waals surface area (Å²) >= 11 is 0. The summed E-state index contributed by atoms with van der Waals surface area (Å²) in [6.45, 7) is 1.32. The number of ether oxygens (including phenoxy) is 2. The van der Waals surface area contributed by atoms with Gasteiger partial charge in [0.2, 0.25) is 0 Å². The van der Waals surface area contributed by atoms with Gasteiger partial charge in [-0.05, 0) is 48.6 Å². The van der Waals surface area contributed by atoms with Gasteiger partial charge in [-0.3, -0.25) is 9.59 Å². The number of nitrogens with one attached hydrogen (secondary N) is 1. The van der Waals surface area contributed by atoms with Gasteiger partial charge in [0.25, 0.3) is 5.91 Å². The first-order valence-corrected chi connectivity index (χ1v) is 12.0. The van der Waals surface area contributed by atoms with E-state index >= 15 is 0 Å². The number of ketones is 1. The smallest absolute Gasteiger partial charge is 0.256 e. The van der Waals surface area contributed by atoms with Crippen molar-refractivity contribution >= 4 is 17.4 Å². The van der Waals surface area contributed by atoms with Crippen molar-refractivity contribution in [2.45, 2.75) is 12.8 Å². The number of carbonyl (C=O) groups is 2. The fourth-order valence-corrected chi connectivity index (χ4v) is 4.53. The Labute approximate surface area is 207 Å². The van der Waals surface area contributed by atoms with Crippen molar-refractivity contribution in [1.29, 1.82) is 0 Å². The van der Waals surface area contributed by atoms with Crippen molar-refractivity contribution in [3.63, 3.8) is 0 Å². The second kappa shape index (κ2) is 10.4. The zero-order valence-electron chi connectivity index (χ0n) is 19.6. The molecule has 0 atom stereocenters. The number of likely N-dealkylation sites (tertiary alicyclic amines) is 1. The Morgan fingerprint density at radius 2 is 1.83 bits per heavy atom. The van der Waals surface area contributed by atoms with E-state index in [9.17, 15) is 18.4 Å².